The van der Waals surface area contributed by atoms with Crippen molar-refractivity contribution < 1.29 is 28.1 Å². The molecule has 0 spiro atoms. The number of nitrogens with zero attached hydrogens (tertiary/aromatic N) is 6. The van der Waals surface area contributed by atoms with Gasteiger partial charge in [-0.3, -0.25) is 14.2 Å². The van der Waals surface area contributed by atoms with E-state index in [1.807, 2.05) is 30.2 Å². The number of aromatic nitrogens is 6. The van der Waals surface area contributed by atoms with E-state index in [1.165, 1.54) is 0 Å². The third-order valence-corrected chi connectivity index (χ3v) is 17.0. The molecule has 0 N–H and O–H groups in total. The molecule has 4 aromatic rings. The summed E-state index contributed by atoms with van der Waals surface area (Å²) in [5, 5.41) is 4.75. The van der Waals surface area contributed by atoms with Crippen molar-refractivity contribution in [2.45, 2.75) is 115 Å². The maximum absolute atomic E-state index is 6.81. The normalized spacial score (nSPS) is 23.6. The molecule has 12 nitrogen and oxygen atoms in total. The first kappa shape index (κ1) is 36.5. The first-order valence-corrected chi connectivity index (χ1v) is 24.9. The van der Waals surface area contributed by atoms with Gasteiger partial charge in [0, 0.05) is 45.2 Å². The number of hydrogen-bond acceptors (Lipinski definition) is 10. The Bertz CT molecular complexity index is 1890. The van der Waals surface area contributed by atoms with Crippen molar-refractivity contribution >= 4 is 39.2 Å². The molecule has 2 fully saturated rings. The molecule has 4 aromatic heterocycles. The molecule has 51 heavy (non-hydrogen) atoms. The lowest BCUT2D eigenvalue weighted by atomic mass is 10.1. The molecule has 2 aliphatic heterocycles. The molecule has 0 amide bonds. The fourth-order valence-electron chi connectivity index (χ4n) is 6.55. The zero-order valence-electron chi connectivity index (χ0n) is 31.2. The molecule has 0 saturated carbocycles. The molecular formula is C36H51ClN6O6Si2. The van der Waals surface area contributed by atoms with Gasteiger partial charge in [-0.25, -0.2) is 0 Å². The molecule has 3 aliphatic rings. The van der Waals surface area contributed by atoms with Crippen LogP contribution in [-0.4, -0.2) is 89.9 Å². The van der Waals surface area contributed by atoms with Crippen LogP contribution in [0.15, 0.2) is 30.7 Å². The van der Waals surface area contributed by atoms with Gasteiger partial charge in [-0.15, -0.1) is 0 Å². The molecule has 0 bridgehead atoms. The summed E-state index contributed by atoms with van der Waals surface area (Å²) in [5.74, 6) is 0.323. The highest BCUT2D eigenvalue weighted by molar-refractivity contribution is 6.76. The summed E-state index contributed by atoms with van der Waals surface area (Å²) in [6.07, 6.45) is 6.07. The second-order valence-electron chi connectivity index (χ2n) is 16.8. The lowest BCUT2D eigenvalue weighted by Crippen LogP contribution is -2.47. The average molecular weight is 755 g/mol. The molecule has 7 rings (SSSR count). The predicted octanol–water partition coefficient (Wildman–Crippen LogP) is 7.19. The smallest absolute Gasteiger partial charge is 0.301 e. The molecule has 2 saturated heterocycles. The third kappa shape index (κ3) is 7.64. The number of aryl methyl sites for hydroxylation is 2. The molecule has 1 aliphatic carbocycles. The number of ether oxygens (including phenoxy) is 5. The first-order chi connectivity index (χ1) is 24.1. The van der Waals surface area contributed by atoms with Gasteiger partial charge < -0.3 is 28.1 Å². The van der Waals surface area contributed by atoms with E-state index in [0.29, 0.717) is 47.9 Å². The second-order valence-corrected chi connectivity index (χ2v) is 27.6. The van der Waals surface area contributed by atoms with Crippen LogP contribution in [0.3, 0.4) is 0 Å². The van der Waals surface area contributed by atoms with E-state index in [4.69, 9.17) is 54.7 Å². The van der Waals surface area contributed by atoms with Gasteiger partial charge in [0.1, 0.15) is 35.6 Å². The van der Waals surface area contributed by atoms with E-state index < -0.39 is 16.4 Å². The van der Waals surface area contributed by atoms with E-state index in [2.05, 4.69) is 64.7 Å². The highest BCUT2D eigenvalue weighted by Crippen LogP contribution is 2.42. The van der Waals surface area contributed by atoms with Crippen molar-refractivity contribution in [3.63, 3.8) is 0 Å². The van der Waals surface area contributed by atoms with Crippen LogP contribution in [-0.2, 0) is 38.8 Å². The first-order valence-electron chi connectivity index (χ1n) is 17.9. The molecule has 0 aromatic carbocycles. The number of fused-ring (bicyclic) bond motifs is 3. The summed E-state index contributed by atoms with van der Waals surface area (Å²) >= 11 is 6.81. The Kier molecular flexibility index (Phi) is 9.91. The highest BCUT2D eigenvalue weighted by atomic mass is 35.5. The van der Waals surface area contributed by atoms with Gasteiger partial charge in [-0.05, 0) is 54.7 Å². The quantitative estimate of drug-likeness (QED) is 0.109. The lowest BCUT2D eigenvalue weighted by molar-refractivity contribution is 0.00686. The zero-order valence-corrected chi connectivity index (χ0v) is 34.0. The van der Waals surface area contributed by atoms with Crippen LogP contribution in [0.5, 0.6) is 11.9 Å². The summed E-state index contributed by atoms with van der Waals surface area (Å²) in [6.45, 7) is 19.9. The highest BCUT2D eigenvalue weighted by Gasteiger charge is 2.52. The van der Waals surface area contributed by atoms with Crippen LogP contribution < -0.4 is 9.47 Å². The van der Waals surface area contributed by atoms with Gasteiger partial charge in [-0.2, -0.15) is 15.1 Å². The van der Waals surface area contributed by atoms with Gasteiger partial charge >= 0.3 is 6.01 Å². The summed E-state index contributed by atoms with van der Waals surface area (Å²) < 4.78 is 42.2. The van der Waals surface area contributed by atoms with Crippen LogP contribution in [0.4, 0.5) is 0 Å². The van der Waals surface area contributed by atoms with Crippen molar-refractivity contribution in [1.29, 1.82) is 0 Å². The van der Waals surface area contributed by atoms with Crippen LogP contribution in [0, 0.1) is 0 Å². The zero-order chi connectivity index (χ0) is 36.3. The van der Waals surface area contributed by atoms with Crippen LogP contribution in [0.25, 0.3) is 22.3 Å². The summed E-state index contributed by atoms with van der Waals surface area (Å²) in [6, 6.07) is 5.36. The van der Waals surface area contributed by atoms with Crippen molar-refractivity contribution in [3.05, 3.63) is 47.0 Å². The van der Waals surface area contributed by atoms with Gasteiger partial charge in [0.2, 0.25) is 5.88 Å². The molecular weight excluding hydrogens is 704 g/mol. The van der Waals surface area contributed by atoms with E-state index in [0.717, 1.165) is 41.3 Å². The Morgan fingerprint density at radius 2 is 1.71 bits per heavy atom. The predicted molar refractivity (Wildman–Crippen MR) is 201 cm³/mol. The SMILES string of the molecule is Cn1cc(-c2cnc3c(c2)CCC3Oc2nc3c(cc2Cl)nc(O[C@@H]2CO[C@@H]4C(O[Si](C)(C)C(C)(C)C)CO[C@@H]42)n3COCC[Si](C)(C)C)cn1. The summed E-state index contributed by atoms with van der Waals surface area (Å²) in [5.41, 5.74) is 5.27. The number of hydrogen-bond donors (Lipinski definition) is 0. The van der Waals surface area contributed by atoms with Crippen molar-refractivity contribution in [2.24, 2.45) is 7.05 Å². The fourth-order valence-corrected chi connectivity index (χ4v) is 8.80. The molecule has 2 unspecified atom stereocenters. The fraction of sp³-hybridized carbons (Fsp3) is 0.611. The maximum atomic E-state index is 6.81. The van der Waals surface area contributed by atoms with Crippen molar-refractivity contribution in [3.8, 4) is 23.0 Å². The number of rotatable bonds is 12. The minimum atomic E-state index is -2.02. The lowest BCUT2D eigenvalue weighted by Gasteiger charge is -2.39. The Labute approximate surface area is 307 Å². The number of imidazole rings is 1. The van der Waals surface area contributed by atoms with Crippen LogP contribution in [0.2, 0.25) is 48.8 Å². The van der Waals surface area contributed by atoms with Crippen molar-refractivity contribution in [1.82, 2.24) is 29.3 Å². The van der Waals surface area contributed by atoms with E-state index >= 15 is 0 Å². The largest absolute Gasteiger partial charge is 0.467 e. The van der Waals surface area contributed by atoms with E-state index in [-0.39, 0.29) is 42.3 Å². The van der Waals surface area contributed by atoms with Crippen LogP contribution >= 0.6 is 11.6 Å². The molecule has 6 heterocycles. The topological polar surface area (TPSA) is 117 Å². The molecule has 5 atom stereocenters. The standard InChI is InChI=1S/C36H51ClN6O6Si2/c1-36(2,3)51(8,9)49-29-20-46-31-28(19-45-32(29)31)48-35-40-26-15-25(37)34(41-33(26)43(35)21-44-12-13-50(5,6)7)47-27-11-10-22-14-23(16-38-30(22)27)24-17-39-42(4)18-24/h14-18,27-29,31-32H,10-13,19-21H2,1-9H3/t27?,28-,29?,31-,32-/m1/s1. The number of halogens is 1. The molecule has 15 heteroatoms. The van der Waals surface area contributed by atoms with Gasteiger partial charge in [-0.1, -0.05) is 52.0 Å². The second kappa shape index (κ2) is 13.8. The minimum absolute atomic E-state index is 0.0816. The monoisotopic (exact) mass is 754 g/mol. The minimum Gasteiger partial charge on any atom is -0.467 e. The summed E-state index contributed by atoms with van der Waals surface area (Å²) in [4.78, 5) is 14.6. The van der Waals surface area contributed by atoms with Gasteiger partial charge in [0.05, 0.1) is 31.2 Å². The Balaban J connectivity index is 1.12. The van der Waals surface area contributed by atoms with Crippen molar-refractivity contribution in [2.75, 3.05) is 19.8 Å². The van der Waals surface area contributed by atoms with Crippen LogP contribution in [0.1, 0.15) is 44.6 Å². The van der Waals surface area contributed by atoms with E-state index in [1.54, 1.807) is 10.7 Å². The molecule has 0 radical (unpaired) electrons. The number of pyridine rings is 2. The molecule has 276 valence electrons. The van der Waals surface area contributed by atoms with Gasteiger partial charge in [0.25, 0.3) is 0 Å². The summed E-state index contributed by atoms with van der Waals surface area (Å²) in [7, 11) is -1.41. The Morgan fingerprint density at radius 1 is 0.961 bits per heavy atom. The third-order valence-electron chi connectivity index (χ3n) is 10.6. The Hall–Kier alpha value is -2.86. The van der Waals surface area contributed by atoms with Gasteiger partial charge in [0.15, 0.2) is 20.1 Å². The van der Waals surface area contributed by atoms with E-state index in [9.17, 15) is 0 Å². The Morgan fingerprint density at radius 3 is 2.41 bits per heavy atom. The maximum Gasteiger partial charge on any atom is 0.301 e. The average Bonchev–Trinajstić information content (AvgIpc) is 3.87.